The van der Waals surface area contributed by atoms with Gasteiger partial charge in [-0.05, 0) is 32.9 Å². The molecule has 0 radical (unpaired) electrons. The van der Waals surface area contributed by atoms with Crippen molar-refractivity contribution in [3.63, 3.8) is 0 Å². The van der Waals surface area contributed by atoms with Gasteiger partial charge in [0.15, 0.2) is 0 Å². The van der Waals surface area contributed by atoms with E-state index >= 15 is 0 Å². The van der Waals surface area contributed by atoms with Crippen LogP contribution in [-0.2, 0) is 15.6 Å². The van der Waals surface area contributed by atoms with E-state index in [0.29, 0.717) is 5.75 Å². The average molecular weight is 335 g/mol. The molecule has 126 valence electrons. The van der Waals surface area contributed by atoms with E-state index in [1.165, 1.54) is 0 Å². The van der Waals surface area contributed by atoms with Crippen molar-refractivity contribution in [1.82, 2.24) is 14.9 Å². The van der Waals surface area contributed by atoms with Crippen LogP contribution in [0.2, 0.25) is 0 Å². The molecule has 2 rings (SSSR count). The molecule has 1 aromatic heterocycles. The number of amides is 1. The highest BCUT2D eigenvalue weighted by molar-refractivity contribution is 7.84. The highest BCUT2D eigenvalue weighted by Crippen LogP contribution is 2.25. The minimum absolute atomic E-state index is 0.0879. The average Bonchev–Trinajstić information content (AvgIpc) is 2.85. The summed E-state index contributed by atoms with van der Waals surface area (Å²) >= 11 is 0. The van der Waals surface area contributed by atoms with Gasteiger partial charge in [-0.25, -0.2) is 4.98 Å². The zero-order valence-corrected chi connectivity index (χ0v) is 15.2. The minimum atomic E-state index is -0.981. The Hall–Kier alpha value is -1.69. The van der Waals surface area contributed by atoms with Gasteiger partial charge >= 0.3 is 0 Å². The van der Waals surface area contributed by atoms with Gasteiger partial charge in [0.25, 0.3) is 0 Å². The van der Waals surface area contributed by atoms with Crippen LogP contribution in [0, 0.1) is 5.92 Å². The van der Waals surface area contributed by atoms with Crippen LogP contribution in [0.3, 0.4) is 0 Å². The van der Waals surface area contributed by atoms with Crippen molar-refractivity contribution >= 4 is 27.7 Å². The molecular weight excluding hydrogens is 310 g/mol. The van der Waals surface area contributed by atoms with Crippen LogP contribution >= 0.6 is 0 Å². The lowest BCUT2D eigenvalue weighted by molar-refractivity contribution is -0.124. The number of carbonyl (C=O) groups is 1. The zero-order chi connectivity index (χ0) is 17.1. The third-order valence-electron chi connectivity index (χ3n) is 3.82. The molecule has 5 nitrogen and oxygen atoms in total. The van der Waals surface area contributed by atoms with Crippen molar-refractivity contribution in [2.45, 2.75) is 39.8 Å². The Bertz CT molecular complexity index is 724. The van der Waals surface area contributed by atoms with Crippen LogP contribution in [0.15, 0.2) is 24.3 Å². The third-order valence-corrected chi connectivity index (χ3v) is 4.79. The zero-order valence-electron chi connectivity index (χ0n) is 14.4. The molecule has 0 aliphatic carbocycles. The van der Waals surface area contributed by atoms with Crippen LogP contribution in [0.5, 0.6) is 0 Å². The Morgan fingerprint density at radius 2 is 1.91 bits per heavy atom. The van der Waals surface area contributed by atoms with Crippen molar-refractivity contribution in [3.8, 4) is 0 Å². The molecule has 1 N–H and O–H groups in total. The summed E-state index contributed by atoms with van der Waals surface area (Å²) in [5.74, 6) is 0.855. The van der Waals surface area contributed by atoms with E-state index in [9.17, 15) is 9.00 Å². The molecule has 1 heterocycles. The number of nitrogens with one attached hydrogen (secondary N) is 1. The van der Waals surface area contributed by atoms with Gasteiger partial charge in [-0.2, -0.15) is 0 Å². The number of imidazole rings is 1. The monoisotopic (exact) mass is 335 g/mol. The molecule has 0 saturated carbocycles. The summed E-state index contributed by atoms with van der Waals surface area (Å²) in [6, 6.07) is 8.03. The van der Waals surface area contributed by atoms with Crippen LogP contribution in [0.25, 0.3) is 11.0 Å². The van der Waals surface area contributed by atoms with Crippen LogP contribution in [0.4, 0.5) is 0 Å². The molecule has 0 saturated heterocycles. The lowest BCUT2D eigenvalue weighted by Crippen LogP contribution is -2.35. The van der Waals surface area contributed by atoms with Crippen LogP contribution < -0.4 is 5.32 Å². The van der Waals surface area contributed by atoms with E-state index in [2.05, 4.69) is 23.7 Å². The maximum absolute atomic E-state index is 12.3. The summed E-state index contributed by atoms with van der Waals surface area (Å²) in [6.07, 6.45) is 1.62. The highest BCUT2D eigenvalue weighted by Gasteiger charge is 2.22. The van der Waals surface area contributed by atoms with E-state index < -0.39 is 10.8 Å². The molecule has 0 bridgehead atoms. The number of benzene rings is 1. The molecule has 2 aromatic rings. The summed E-state index contributed by atoms with van der Waals surface area (Å²) in [5, 5.41) is 3.00. The molecule has 0 aliphatic rings. The van der Waals surface area contributed by atoms with Gasteiger partial charge in [0.1, 0.15) is 5.82 Å². The Morgan fingerprint density at radius 1 is 1.26 bits per heavy atom. The van der Waals surface area contributed by atoms with Crippen LogP contribution in [0.1, 0.15) is 45.6 Å². The molecule has 0 spiro atoms. The second-order valence-electron chi connectivity index (χ2n) is 6.29. The predicted octanol–water partition coefficient (Wildman–Crippen LogP) is 2.81. The number of para-hydroxylation sites is 2. The topological polar surface area (TPSA) is 64.0 Å². The SMILES string of the molecule is CC(C)n1c([C@@H](C)NC(=O)[C@H](C)C[S@@](C)=O)nc2ccccc21. The smallest absolute Gasteiger partial charge is 0.224 e. The summed E-state index contributed by atoms with van der Waals surface area (Å²) in [4.78, 5) is 17.0. The molecule has 0 fully saturated rings. The van der Waals surface area contributed by atoms with E-state index in [4.69, 9.17) is 4.98 Å². The van der Waals surface area contributed by atoms with Crippen molar-refractivity contribution in [3.05, 3.63) is 30.1 Å². The van der Waals surface area contributed by atoms with E-state index in [1.54, 1.807) is 13.2 Å². The van der Waals surface area contributed by atoms with Gasteiger partial charge < -0.3 is 9.88 Å². The Balaban J connectivity index is 2.27. The largest absolute Gasteiger partial charge is 0.346 e. The molecule has 0 aliphatic heterocycles. The van der Waals surface area contributed by atoms with E-state index in [1.807, 2.05) is 31.2 Å². The van der Waals surface area contributed by atoms with Crippen LogP contribution in [-0.4, -0.2) is 31.7 Å². The molecule has 0 unspecified atom stereocenters. The molecule has 23 heavy (non-hydrogen) atoms. The maximum atomic E-state index is 12.3. The molecule has 1 amide bonds. The first-order chi connectivity index (χ1) is 10.8. The third kappa shape index (κ3) is 3.99. The normalized spacial score (nSPS) is 15.6. The molecule has 1 aromatic carbocycles. The lowest BCUT2D eigenvalue weighted by Gasteiger charge is -2.20. The molecular formula is C17H25N3O2S. The van der Waals surface area contributed by atoms with Gasteiger partial charge in [0.05, 0.1) is 17.1 Å². The highest BCUT2D eigenvalue weighted by atomic mass is 32.2. The second kappa shape index (κ2) is 7.25. The maximum Gasteiger partial charge on any atom is 0.224 e. The quantitative estimate of drug-likeness (QED) is 0.883. The van der Waals surface area contributed by atoms with E-state index in [-0.39, 0.29) is 23.9 Å². The number of hydrogen-bond acceptors (Lipinski definition) is 3. The van der Waals surface area contributed by atoms with Gasteiger partial charge in [-0.15, -0.1) is 0 Å². The predicted molar refractivity (Wildman–Crippen MR) is 94.8 cm³/mol. The first kappa shape index (κ1) is 17.7. The molecule has 6 heteroatoms. The lowest BCUT2D eigenvalue weighted by atomic mass is 10.2. The first-order valence-electron chi connectivity index (χ1n) is 7.88. The standard InChI is InChI=1S/C17H25N3O2S/c1-11(2)20-15-9-7-6-8-14(15)19-16(20)13(4)18-17(21)12(3)10-23(5)22/h6-9,11-13H,10H2,1-5H3,(H,18,21)/t12-,13-,23-/m1/s1. The van der Waals surface area contributed by atoms with Crippen molar-refractivity contribution in [1.29, 1.82) is 0 Å². The summed E-state index contributed by atoms with van der Waals surface area (Å²) < 4.78 is 13.4. The van der Waals surface area contributed by atoms with Gasteiger partial charge in [0, 0.05) is 34.8 Å². The van der Waals surface area contributed by atoms with Gasteiger partial charge in [-0.1, -0.05) is 19.1 Å². The number of hydrogen-bond donors (Lipinski definition) is 1. The summed E-state index contributed by atoms with van der Waals surface area (Å²) in [5.41, 5.74) is 2.00. The number of rotatable bonds is 6. The number of aromatic nitrogens is 2. The van der Waals surface area contributed by atoms with Crippen molar-refractivity contribution in [2.75, 3.05) is 12.0 Å². The van der Waals surface area contributed by atoms with Crippen molar-refractivity contribution in [2.24, 2.45) is 5.92 Å². The minimum Gasteiger partial charge on any atom is -0.346 e. The van der Waals surface area contributed by atoms with Crippen molar-refractivity contribution < 1.29 is 9.00 Å². The second-order valence-corrected chi connectivity index (χ2v) is 7.77. The first-order valence-corrected chi connectivity index (χ1v) is 9.61. The fourth-order valence-electron chi connectivity index (χ4n) is 2.76. The Labute approximate surface area is 139 Å². The van der Waals surface area contributed by atoms with E-state index in [0.717, 1.165) is 16.9 Å². The van der Waals surface area contributed by atoms with Gasteiger partial charge in [0.2, 0.25) is 5.91 Å². The Kier molecular flexibility index (Phi) is 5.57. The van der Waals surface area contributed by atoms with Gasteiger partial charge in [-0.3, -0.25) is 9.00 Å². The summed E-state index contributed by atoms with van der Waals surface area (Å²) in [6.45, 7) is 7.95. The number of nitrogens with zero attached hydrogens (tertiary/aromatic N) is 2. The molecule has 3 atom stereocenters. The summed E-state index contributed by atoms with van der Waals surface area (Å²) in [7, 11) is -0.981. The fourth-order valence-corrected chi connectivity index (χ4v) is 3.61. The number of carbonyl (C=O) groups excluding carboxylic acids is 1. The fraction of sp³-hybridized carbons (Fsp3) is 0.529. The Morgan fingerprint density at radius 3 is 2.52 bits per heavy atom. The number of fused-ring (bicyclic) bond motifs is 1.